The minimum Gasteiger partial charge on any atom is -0.457 e. The average molecular weight is 620 g/mol. The number of rotatable bonds is 10. The zero-order valence-corrected chi connectivity index (χ0v) is 24.3. The molecule has 2 N–H and O–H groups in total. The number of nitrogens with one attached hydrogen (secondary N) is 2. The number of sulfonamides is 1. The molecule has 0 spiro atoms. The molecule has 7 nitrogen and oxygen atoms in total. The summed E-state index contributed by atoms with van der Waals surface area (Å²) in [5.41, 5.74) is 0.987. The highest BCUT2D eigenvalue weighted by molar-refractivity contribution is 7.92. The van der Waals surface area contributed by atoms with Crippen molar-refractivity contribution in [2.24, 2.45) is 0 Å². The number of anilines is 1. The van der Waals surface area contributed by atoms with Crippen LogP contribution in [-0.2, 0) is 16.6 Å². The number of benzene rings is 5. The molecule has 212 valence electrons. The van der Waals surface area contributed by atoms with Gasteiger partial charge >= 0.3 is 0 Å². The molecular weight excluding hydrogens is 595 g/mol. The van der Waals surface area contributed by atoms with E-state index < -0.39 is 15.9 Å². The fraction of sp³-hybridized carbons (Fsp3) is 0.0312. The number of hydrogen-bond donors (Lipinski definition) is 2. The first kappa shape index (κ1) is 29.0. The molecule has 0 saturated heterocycles. The van der Waals surface area contributed by atoms with Crippen LogP contribution in [0.4, 0.5) is 5.69 Å². The fourth-order valence-corrected chi connectivity index (χ4v) is 5.34. The van der Waals surface area contributed by atoms with Gasteiger partial charge in [0.15, 0.2) is 0 Å². The Kier molecular flexibility index (Phi) is 8.97. The van der Waals surface area contributed by atoms with Crippen LogP contribution in [0.3, 0.4) is 0 Å². The molecule has 10 heteroatoms. The van der Waals surface area contributed by atoms with Crippen LogP contribution in [0.5, 0.6) is 23.0 Å². The van der Waals surface area contributed by atoms with Gasteiger partial charge in [-0.1, -0.05) is 65.7 Å². The molecule has 1 amide bonds. The van der Waals surface area contributed by atoms with Crippen LogP contribution in [0.1, 0.15) is 15.9 Å². The smallest absolute Gasteiger partial charge is 0.261 e. The first-order valence-corrected chi connectivity index (χ1v) is 15.0. The Morgan fingerprint density at radius 2 is 1.31 bits per heavy atom. The quantitative estimate of drug-likeness (QED) is 0.164. The van der Waals surface area contributed by atoms with Crippen molar-refractivity contribution in [3.63, 3.8) is 0 Å². The van der Waals surface area contributed by atoms with E-state index in [2.05, 4.69) is 10.0 Å². The lowest BCUT2D eigenvalue weighted by Gasteiger charge is -2.14. The number of para-hydroxylation sites is 2. The Bertz CT molecular complexity index is 1800. The highest BCUT2D eigenvalue weighted by Crippen LogP contribution is 2.30. The van der Waals surface area contributed by atoms with Crippen LogP contribution in [-0.4, -0.2) is 14.3 Å². The van der Waals surface area contributed by atoms with Crippen LogP contribution in [0.2, 0.25) is 10.0 Å². The maximum absolute atomic E-state index is 13.2. The van der Waals surface area contributed by atoms with Gasteiger partial charge in [-0.2, -0.15) is 0 Å². The summed E-state index contributed by atoms with van der Waals surface area (Å²) in [6.45, 7) is 0.204. The third-order valence-corrected chi connectivity index (χ3v) is 7.95. The van der Waals surface area contributed by atoms with Gasteiger partial charge in [-0.05, 0) is 84.4 Å². The summed E-state index contributed by atoms with van der Waals surface area (Å²) in [4.78, 5) is 13.1. The van der Waals surface area contributed by atoms with Gasteiger partial charge in [0.25, 0.3) is 15.9 Å². The molecule has 0 aliphatic rings. The molecule has 0 heterocycles. The van der Waals surface area contributed by atoms with Gasteiger partial charge < -0.3 is 14.8 Å². The second kappa shape index (κ2) is 13.0. The lowest BCUT2D eigenvalue weighted by Crippen LogP contribution is -2.25. The van der Waals surface area contributed by atoms with E-state index in [-0.39, 0.29) is 27.7 Å². The Balaban J connectivity index is 1.25. The van der Waals surface area contributed by atoms with Gasteiger partial charge in [0.1, 0.15) is 23.0 Å². The number of carbonyl (C=O) groups is 1. The number of hydrogen-bond acceptors (Lipinski definition) is 5. The highest BCUT2D eigenvalue weighted by atomic mass is 35.5. The molecule has 42 heavy (non-hydrogen) atoms. The maximum atomic E-state index is 13.2. The van der Waals surface area contributed by atoms with Crippen molar-refractivity contribution >= 4 is 44.8 Å². The Morgan fingerprint density at radius 1 is 0.690 bits per heavy atom. The summed E-state index contributed by atoms with van der Waals surface area (Å²) in [7, 11) is -4.05. The molecule has 0 radical (unpaired) electrons. The minimum atomic E-state index is -4.05. The van der Waals surface area contributed by atoms with Crippen molar-refractivity contribution in [3.05, 3.63) is 142 Å². The Morgan fingerprint density at radius 3 is 2.02 bits per heavy atom. The van der Waals surface area contributed by atoms with Crippen molar-refractivity contribution in [3.8, 4) is 23.0 Å². The normalized spacial score (nSPS) is 11.0. The topological polar surface area (TPSA) is 93.7 Å². The number of carbonyl (C=O) groups excluding carboxylic acids is 1. The van der Waals surface area contributed by atoms with E-state index in [9.17, 15) is 13.2 Å². The van der Waals surface area contributed by atoms with Crippen molar-refractivity contribution in [2.75, 3.05) is 4.72 Å². The zero-order chi connectivity index (χ0) is 29.5. The highest BCUT2D eigenvalue weighted by Gasteiger charge is 2.20. The molecule has 0 saturated carbocycles. The second-order valence-electron chi connectivity index (χ2n) is 9.04. The van der Waals surface area contributed by atoms with Crippen molar-refractivity contribution in [1.29, 1.82) is 0 Å². The predicted molar refractivity (Wildman–Crippen MR) is 164 cm³/mol. The Hall–Kier alpha value is -4.50. The number of ether oxygens (including phenoxy) is 2. The first-order chi connectivity index (χ1) is 20.3. The van der Waals surface area contributed by atoms with E-state index >= 15 is 0 Å². The van der Waals surface area contributed by atoms with E-state index in [0.29, 0.717) is 22.3 Å². The number of halogens is 2. The van der Waals surface area contributed by atoms with Crippen LogP contribution < -0.4 is 19.5 Å². The molecule has 0 bridgehead atoms. The summed E-state index contributed by atoms with van der Waals surface area (Å²) in [5.74, 6) is 1.74. The van der Waals surface area contributed by atoms with Gasteiger partial charge in [0.2, 0.25) is 0 Å². The van der Waals surface area contributed by atoms with Crippen LogP contribution in [0.15, 0.2) is 126 Å². The molecule has 5 aromatic rings. The van der Waals surface area contributed by atoms with Crippen molar-refractivity contribution < 1.29 is 22.7 Å². The lowest BCUT2D eigenvalue weighted by molar-refractivity contribution is 0.0952. The molecule has 0 unspecified atom stereocenters. The summed E-state index contributed by atoms with van der Waals surface area (Å²) in [5, 5.41) is 3.53. The summed E-state index contributed by atoms with van der Waals surface area (Å²) < 4.78 is 40.4. The number of amides is 1. The van der Waals surface area contributed by atoms with E-state index in [0.717, 1.165) is 11.3 Å². The monoisotopic (exact) mass is 618 g/mol. The van der Waals surface area contributed by atoms with Gasteiger partial charge in [-0.25, -0.2) is 8.42 Å². The van der Waals surface area contributed by atoms with Crippen molar-refractivity contribution in [2.45, 2.75) is 11.4 Å². The fourth-order valence-electron chi connectivity index (χ4n) is 3.92. The molecule has 0 fully saturated rings. The van der Waals surface area contributed by atoms with Gasteiger partial charge in [-0.3, -0.25) is 9.52 Å². The largest absolute Gasteiger partial charge is 0.457 e. The molecule has 0 aromatic heterocycles. The summed E-state index contributed by atoms with van der Waals surface area (Å²) in [6.07, 6.45) is 0. The zero-order valence-electron chi connectivity index (χ0n) is 22.0. The summed E-state index contributed by atoms with van der Waals surface area (Å²) in [6, 6.07) is 33.8. The molecule has 0 aliphatic carbocycles. The standard InChI is InChI=1S/C32H24Cl2N2O5S/c33-23-12-19-30(36-42(38,39)27-17-15-26(16-18-27)41-31-9-5-4-8-29(31)34)28(20-23)32(37)35-21-22-10-13-25(14-11-22)40-24-6-2-1-3-7-24/h1-20,36H,21H2,(H,35,37). The van der Waals surface area contributed by atoms with Crippen LogP contribution in [0, 0.1) is 0 Å². The van der Waals surface area contributed by atoms with Gasteiger partial charge in [-0.15, -0.1) is 0 Å². The third kappa shape index (κ3) is 7.41. The third-order valence-electron chi connectivity index (χ3n) is 6.02. The molecule has 0 atom stereocenters. The molecule has 5 rings (SSSR count). The maximum Gasteiger partial charge on any atom is 0.261 e. The predicted octanol–water partition coefficient (Wildman–Crippen LogP) is 8.31. The molecule has 0 aliphatic heterocycles. The minimum absolute atomic E-state index is 0.0203. The van der Waals surface area contributed by atoms with E-state index in [1.165, 1.54) is 42.5 Å². The van der Waals surface area contributed by atoms with Crippen molar-refractivity contribution in [1.82, 2.24) is 5.32 Å². The first-order valence-electron chi connectivity index (χ1n) is 12.7. The average Bonchev–Trinajstić information content (AvgIpc) is 2.99. The lowest BCUT2D eigenvalue weighted by atomic mass is 10.1. The van der Waals surface area contributed by atoms with E-state index in [1.54, 1.807) is 36.4 Å². The second-order valence-corrected chi connectivity index (χ2v) is 11.6. The van der Waals surface area contributed by atoms with E-state index in [1.807, 2.05) is 42.5 Å². The Labute approximate surface area is 253 Å². The van der Waals surface area contributed by atoms with E-state index in [4.69, 9.17) is 32.7 Å². The molecular formula is C32H24Cl2N2O5S. The molecule has 5 aromatic carbocycles. The van der Waals surface area contributed by atoms with Gasteiger partial charge in [0, 0.05) is 11.6 Å². The van der Waals surface area contributed by atoms with Gasteiger partial charge in [0.05, 0.1) is 21.2 Å². The SMILES string of the molecule is O=C(NCc1ccc(Oc2ccccc2)cc1)c1cc(Cl)ccc1NS(=O)(=O)c1ccc(Oc2ccccc2Cl)cc1. The van der Waals surface area contributed by atoms with Crippen LogP contribution >= 0.6 is 23.2 Å². The van der Waals surface area contributed by atoms with Crippen LogP contribution in [0.25, 0.3) is 0 Å². The summed E-state index contributed by atoms with van der Waals surface area (Å²) >= 11 is 12.3.